The summed E-state index contributed by atoms with van der Waals surface area (Å²) >= 11 is 0. The van der Waals surface area contributed by atoms with Crippen molar-refractivity contribution in [3.8, 4) is 5.75 Å². The van der Waals surface area contributed by atoms with Crippen LogP contribution in [0.3, 0.4) is 0 Å². The Hall–Kier alpha value is -1.26. The minimum Gasteiger partial charge on any atom is -0.497 e. The second-order valence-electron chi connectivity index (χ2n) is 6.59. The van der Waals surface area contributed by atoms with Crippen LogP contribution in [0.5, 0.6) is 5.75 Å². The van der Waals surface area contributed by atoms with E-state index in [4.69, 9.17) is 4.74 Å². The van der Waals surface area contributed by atoms with Crippen molar-refractivity contribution in [2.75, 3.05) is 20.2 Å². The normalized spacial score (nSPS) is 16.1. The zero-order valence-electron chi connectivity index (χ0n) is 14.8. The molecule has 1 aromatic rings. The highest BCUT2D eigenvalue weighted by Gasteiger charge is 2.15. The molecule has 24 heavy (non-hydrogen) atoms. The second-order valence-corrected chi connectivity index (χ2v) is 6.59. The number of halogens is 1. The number of amides is 1. The Morgan fingerprint density at radius 1 is 1.29 bits per heavy atom. The van der Waals surface area contributed by atoms with Gasteiger partial charge >= 0.3 is 0 Å². The van der Waals surface area contributed by atoms with Crippen LogP contribution in [-0.4, -0.2) is 32.1 Å². The third-order valence-corrected chi connectivity index (χ3v) is 4.67. The van der Waals surface area contributed by atoms with Crippen molar-refractivity contribution in [2.45, 2.75) is 51.5 Å². The standard InChI is InChI=1S/C19H30N2O2.ClH/c1-15(3-4-16-5-8-18(23-2)9-6-16)21-19(22)10-7-17-11-13-20-14-12-17;/h5-6,8-9,15,17,20H,3-4,7,10-14H2,1-2H3,(H,21,22);1H. The first-order chi connectivity index (χ1) is 11.2. The van der Waals surface area contributed by atoms with E-state index in [2.05, 4.69) is 29.7 Å². The molecule has 0 aliphatic carbocycles. The number of hydrogen-bond donors (Lipinski definition) is 2. The molecule has 1 aliphatic heterocycles. The Morgan fingerprint density at radius 3 is 2.58 bits per heavy atom. The van der Waals surface area contributed by atoms with Gasteiger partial charge < -0.3 is 15.4 Å². The summed E-state index contributed by atoms with van der Waals surface area (Å²) in [6.07, 6.45) is 6.04. The minimum atomic E-state index is 0. The maximum Gasteiger partial charge on any atom is 0.220 e. The number of carbonyl (C=O) groups is 1. The van der Waals surface area contributed by atoms with Crippen molar-refractivity contribution >= 4 is 18.3 Å². The largest absolute Gasteiger partial charge is 0.497 e. The lowest BCUT2D eigenvalue weighted by Gasteiger charge is -2.22. The zero-order chi connectivity index (χ0) is 16.5. The summed E-state index contributed by atoms with van der Waals surface area (Å²) in [5.41, 5.74) is 1.28. The van der Waals surface area contributed by atoms with Gasteiger partial charge in [0.05, 0.1) is 7.11 Å². The number of hydrogen-bond acceptors (Lipinski definition) is 3. The van der Waals surface area contributed by atoms with E-state index in [1.165, 1.54) is 18.4 Å². The average Bonchev–Trinajstić information content (AvgIpc) is 2.59. The lowest BCUT2D eigenvalue weighted by atomic mass is 9.93. The van der Waals surface area contributed by atoms with Gasteiger partial charge in [0, 0.05) is 12.5 Å². The molecule has 1 fully saturated rings. The van der Waals surface area contributed by atoms with E-state index in [9.17, 15) is 4.79 Å². The topological polar surface area (TPSA) is 50.4 Å². The van der Waals surface area contributed by atoms with Crippen LogP contribution in [-0.2, 0) is 11.2 Å². The molecule has 136 valence electrons. The third kappa shape index (κ3) is 7.54. The summed E-state index contributed by atoms with van der Waals surface area (Å²) in [5.74, 6) is 1.80. The van der Waals surface area contributed by atoms with Crippen LogP contribution in [0, 0.1) is 5.92 Å². The Balaban J connectivity index is 0.00000288. The monoisotopic (exact) mass is 354 g/mol. The molecule has 4 nitrogen and oxygen atoms in total. The van der Waals surface area contributed by atoms with Crippen molar-refractivity contribution in [1.29, 1.82) is 0 Å². The van der Waals surface area contributed by atoms with Crippen LogP contribution < -0.4 is 15.4 Å². The lowest BCUT2D eigenvalue weighted by molar-refractivity contribution is -0.122. The summed E-state index contributed by atoms with van der Waals surface area (Å²) < 4.78 is 5.16. The van der Waals surface area contributed by atoms with E-state index >= 15 is 0 Å². The van der Waals surface area contributed by atoms with Crippen LogP contribution in [0.25, 0.3) is 0 Å². The molecule has 1 heterocycles. The summed E-state index contributed by atoms with van der Waals surface area (Å²) in [4.78, 5) is 12.0. The first-order valence-electron chi connectivity index (χ1n) is 8.80. The molecule has 1 saturated heterocycles. The number of ether oxygens (including phenoxy) is 1. The SMILES string of the molecule is COc1ccc(CCC(C)NC(=O)CCC2CCNCC2)cc1.Cl. The van der Waals surface area contributed by atoms with Crippen molar-refractivity contribution in [3.05, 3.63) is 29.8 Å². The quantitative estimate of drug-likeness (QED) is 0.752. The third-order valence-electron chi connectivity index (χ3n) is 4.67. The fourth-order valence-corrected chi connectivity index (χ4v) is 3.10. The molecular formula is C19H31ClN2O2. The first-order valence-corrected chi connectivity index (χ1v) is 8.80. The summed E-state index contributed by atoms with van der Waals surface area (Å²) in [5, 5.41) is 6.50. The highest BCUT2D eigenvalue weighted by atomic mass is 35.5. The Labute approximate surface area is 152 Å². The first kappa shape index (κ1) is 20.8. The molecule has 1 aromatic carbocycles. The fraction of sp³-hybridized carbons (Fsp3) is 0.632. The van der Waals surface area contributed by atoms with Gasteiger partial charge in [-0.1, -0.05) is 12.1 Å². The van der Waals surface area contributed by atoms with Gasteiger partial charge in [-0.25, -0.2) is 0 Å². The van der Waals surface area contributed by atoms with E-state index in [1.54, 1.807) is 7.11 Å². The van der Waals surface area contributed by atoms with Crippen LogP contribution in [0.2, 0.25) is 0 Å². The Bertz CT molecular complexity index is 473. The summed E-state index contributed by atoms with van der Waals surface area (Å²) in [6.45, 7) is 4.29. The Kier molecular flexibility index (Phi) is 9.80. The average molecular weight is 355 g/mol. The molecule has 0 aromatic heterocycles. The molecule has 1 atom stereocenters. The van der Waals surface area contributed by atoms with Gasteiger partial charge in [-0.05, 0) is 75.7 Å². The van der Waals surface area contributed by atoms with Gasteiger partial charge in [-0.2, -0.15) is 0 Å². The molecule has 0 saturated carbocycles. The molecule has 1 amide bonds. The van der Waals surface area contributed by atoms with E-state index in [1.807, 2.05) is 12.1 Å². The zero-order valence-corrected chi connectivity index (χ0v) is 15.7. The number of nitrogens with one attached hydrogen (secondary N) is 2. The van der Waals surface area contributed by atoms with E-state index in [0.29, 0.717) is 6.42 Å². The van der Waals surface area contributed by atoms with Crippen molar-refractivity contribution < 1.29 is 9.53 Å². The minimum absolute atomic E-state index is 0. The van der Waals surface area contributed by atoms with Gasteiger partial charge in [0.25, 0.3) is 0 Å². The second kappa shape index (κ2) is 11.3. The fourth-order valence-electron chi connectivity index (χ4n) is 3.10. The van der Waals surface area contributed by atoms with Crippen molar-refractivity contribution in [2.24, 2.45) is 5.92 Å². The van der Waals surface area contributed by atoms with Crippen molar-refractivity contribution in [3.63, 3.8) is 0 Å². The van der Waals surface area contributed by atoms with Gasteiger partial charge in [-0.3, -0.25) is 4.79 Å². The Morgan fingerprint density at radius 2 is 1.96 bits per heavy atom. The van der Waals surface area contributed by atoms with Crippen molar-refractivity contribution in [1.82, 2.24) is 10.6 Å². The lowest BCUT2D eigenvalue weighted by Crippen LogP contribution is -2.34. The molecule has 0 bridgehead atoms. The number of aryl methyl sites for hydroxylation is 1. The van der Waals surface area contributed by atoms with Gasteiger partial charge in [0.1, 0.15) is 5.75 Å². The number of rotatable bonds is 8. The smallest absolute Gasteiger partial charge is 0.220 e. The molecule has 1 unspecified atom stereocenters. The molecule has 0 radical (unpaired) electrons. The molecule has 5 heteroatoms. The van der Waals surface area contributed by atoms with E-state index in [-0.39, 0.29) is 24.4 Å². The summed E-state index contributed by atoms with van der Waals surface area (Å²) in [6, 6.07) is 8.36. The van der Waals surface area contributed by atoms with Crippen LogP contribution in [0.4, 0.5) is 0 Å². The van der Waals surface area contributed by atoms with Crippen LogP contribution in [0.15, 0.2) is 24.3 Å². The summed E-state index contributed by atoms with van der Waals surface area (Å²) in [7, 11) is 1.68. The molecule has 2 rings (SSSR count). The maximum atomic E-state index is 12.0. The van der Waals surface area contributed by atoms with Gasteiger partial charge in [-0.15, -0.1) is 12.4 Å². The predicted octanol–water partition coefficient (Wildman–Crippen LogP) is 3.33. The number of benzene rings is 1. The predicted molar refractivity (Wildman–Crippen MR) is 101 cm³/mol. The molecule has 1 aliphatic rings. The molecular weight excluding hydrogens is 324 g/mol. The van der Waals surface area contributed by atoms with Crippen LogP contribution in [0.1, 0.15) is 44.6 Å². The highest BCUT2D eigenvalue weighted by molar-refractivity contribution is 5.85. The van der Waals surface area contributed by atoms with Gasteiger partial charge in [0.15, 0.2) is 0 Å². The number of carbonyl (C=O) groups excluding carboxylic acids is 1. The molecule has 2 N–H and O–H groups in total. The van der Waals surface area contributed by atoms with Crippen LogP contribution >= 0.6 is 12.4 Å². The number of methoxy groups -OCH3 is 1. The molecule has 0 spiro atoms. The van der Waals surface area contributed by atoms with Gasteiger partial charge in [0.2, 0.25) is 5.91 Å². The highest BCUT2D eigenvalue weighted by Crippen LogP contribution is 2.17. The number of piperidine rings is 1. The maximum absolute atomic E-state index is 12.0. The van der Waals surface area contributed by atoms with E-state index in [0.717, 1.165) is 44.0 Å². The van der Waals surface area contributed by atoms with E-state index < -0.39 is 0 Å².